The molecular weight excluding hydrogens is 376 g/mol. The summed E-state index contributed by atoms with van der Waals surface area (Å²) >= 11 is 0. The van der Waals surface area contributed by atoms with Crippen LogP contribution in [0.15, 0.2) is 0 Å². The Balaban J connectivity index is 1.59. The number of carboxylic acids is 1. The van der Waals surface area contributed by atoms with E-state index in [-0.39, 0.29) is 34.9 Å². The van der Waals surface area contributed by atoms with Crippen LogP contribution in [0.25, 0.3) is 0 Å². The Morgan fingerprint density at radius 1 is 0.967 bits per heavy atom. The lowest BCUT2D eigenvalue weighted by Crippen LogP contribution is -2.61. The Labute approximate surface area is 182 Å². The molecule has 0 amide bonds. The fraction of sp³-hybridized carbons (Fsp3) is 0.962. The number of rotatable bonds is 4. The van der Waals surface area contributed by atoms with Gasteiger partial charge in [0.2, 0.25) is 0 Å². The highest BCUT2D eigenvalue weighted by Crippen LogP contribution is 2.69. The molecule has 4 rings (SSSR count). The first kappa shape index (κ1) is 22.6. The van der Waals surface area contributed by atoms with Crippen LogP contribution < -0.4 is 0 Å². The van der Waals surface area contributed by atoms with Gasteiger partial charge in [-0.05, 0) is 104 Å². The van der Waals surface area contributed by atoms with E-state index in [1.165, 1.54) is 25.7 Å². The topological polar surface area (TPSA) is 77.8 Å². The number of aliphatic carboxylic acids is 1. The zero-order valence-corrected chi connectivity index (χ0v) is 19.7. The van der Waals surface area contributed by atoms with Gasteiger partial charge in [-0.1, -0.05) is 34.6 Å². The number of hydrogen-bond acceptors (Lipinski definition) is 3. The van der Waals surface area contributed by atoms with Crippen molar-refractivity contribution in [3.8, 4) is 0 Å². The lowest BCUT2D eigenvalue weighted by Gasteiger charge is -2.64. The molecule has 0 aromatic carbocycles. The quantitative estimate of drug-likeness (QED) is 0.600. The lowest BCUT2D eigenvalue weighted by atomic mass is 9.42. The molecule has 4 fully saturated rings. The van der Waals surface area contributed by atoms with Crippen molar-refractivity contribution in [1.29, 1.82) is 0 Å². The fourth-order valence-electron chi connectivity index (χ4n) is 9.45. The summed E-state index contributed by atoms with van der Waals surface area (Å²) in [6, 6.07) is 0. The molecule has 12 atom stereocenters. The smallest absolute Gasteiger partial charge is 0.306 e. The maximum Gasteiger partial charge on any atom is 0.306 e. The molecule has 4 heteroatoms. The van der Waals surface area contributed by atoms with E-state index < -0.39 is 5.97 Å². The van der Waals surface area contributed by atoms with Crippen LogP contribution in [0.2, 0.25) is 0 Å². The summed E-state index contributed by atoms with van der Waals surface area (Å²) in [6.45, 7) is 11.3. The lowest BCUT2D eigenvalue weighted by molar-refractivity contribution is -0.199. The summed E-state index contributed by atoms with van der Waals surface area (Å²) in [5.74, 6) is 2.15. The molecule has 4 aliphatic rings. The van der Waals surface area contributed by atoms with Crippen molar-refractivity contribution in [1.82, 2.24) is 0 Å². The highest BCUT2D eigenvalue weighted by molar-refractivity contribution is 5.69. The second-order valence-electron chi connectivity index (χ2n) is 12.4. The minimum absolute atomic E-state index is 0.198. The van der Waals surface area contributed by atoms with Crippen LogP contribution in [-0.2, 0) is 4.79 Å². The van der Waals surface area contributed by atoms with Crippen molar-refractivity contribution in [3.63, 3.8) is 0 Å². The van der Waals surface area contributed by atoms with Crippen LogP contribution in [0.5, 0.6) is 0 Å². The molecule has 0 saturated heterocycles. The molecule has 0 bridgehead atoms. The van der Waals surface area contributed by atoms with E-state index in [4.69, 9.17) is 0 Å². The zero-order chi connectivity index (χ0) is 22.0. The molecule has 4 unspecified atom stereocenters. The molecule has 0 radical (unpaired) electrons. The van der Waals surface area contributed by atoms with E-state index in [1.807, 2.05) is 6.92 Å². The van der Waals surface area contributed by atoms with Crippen molar-refractivity contribution in [3.05, 3.63) is 0 Å². The molecule has 0 aliphatic heterocycles. The predicted octanol–water partition coefficient (Wildman–Crippen LogP) is 4.97. The first-order valence-electron chi connectivity index (χ1n) is 12.6. The average Bonchev–Trinajstić information content (AvgIpc) is 3.04. The van der Waals surface area contributed by atoms with E-state index >= 15 is 0 Å². The number of fused-ring (bicyclic) bond motifs is 5. The second kappa shape index (κ2) is 7.76. The molecule has 3 N–H and O–H groups in total. The standard InChI is InChI=1S/C26H44O4/c1-14(12-15(2)24(29)30)18-6-7-19-22-20(9-11-25(18,19)4)26(5)10-8-17(27)13-21(26)16(3)23(22)28/h14-23,27-28H,6-13H2,1-5H3,(H,29,30)/t14-,15?,16-,17-,18-,19?,20?,21+,22?,23-,25-,26-/m1/s1. The van der Waals surface area contributed by atoms with E-state index in [0.29, 0.717) is 35.5 Å². The highest BCUT2D eigenvalue weighted by atomic mass is 16.4. The Morgan fingerprint density at radius 3 is 2.27 bits per heavy atom. The van der Waals surface area contributed by atoms with Crippen LogP contribution >= 0.6 is 0 Å². The van der Waals surface area contributed by atoms with Gasteiger partial charge in [0, 0.05) is 0 Å². The third-order valence-electron chi connectivity index (χ3n) is 11.0. The van der Waals surface area contributed by atoms with Gasteiger partial charge in [0.1, 0.15) is 0 Å². The Morgan fingerprint density at radius 2 is 1.60 bits per heavy atom. The van der Waals surface area contributed by atoms with Crippen molar-refractivity contribution in [2.24, 2.45) is 58.2 Å². The molecular formula is C26H44O4. The van der Waals surface area contributed by atoms with Crippen LogP contribution in [0.4, 0.5) is 0 Å². The number of carbonyl (C=O) groups is 1. The Hall–Kier alpha value is -0.610. The Kier molecular flexibility index (Phi) is 5.84. The molecule has 4 saturated carbocycles. The monoisotopic (exact) mass is 420 g/mol. The molecule has 4 aliphatic carbocycles. The predicted molar refractivity (Wildman–Crippen MR) is 118 cm³/mol. The van der Waals surface area contributed by atoms with E-state index in [0.717, 1.165) is 25.7 Å². The molecule has 0 aromatic heterocycles. The van der Waals surface area contributed by atoms with Gasteiger partial charge in [-0.25, -0.2) is 0 Å². The minimum Gasteiger partial charge on any atom is -0.481 e. The van der Waals surface area contributed by atoms with Gasteiger partial charge in [0.15, 0.2) is 0 Å². The molecule has 30 heavy (non-hydrogen) atoms. The van der Waals surface area contributed by atoms with Gasteiger partial charge in [-0.3, -0.25) is 4.79 Å². The largest absolute Gasteiger partial charge is 0.481 e. The first-order valence-corrected chi connectivity index (χ1v) is 12.6. The maximum atomic E-state index is 11.6. The van der Waals surface area contributed by atoms with Crippen molar-refractivity contribution < 1.29 is 20.1 Å². The normalized spacial score (nSPS) is 52.6. The van der Waals surface area contributed by atoms with Gasteiger partial charge in [0.25, 0.3) is 0 Å². The van der Waals surface area contributed by atoms with Gasteiger partial charge in [0.05, 0.1) is 18.1 Å². The van der Waals surface area contributed by atoms with Crippen molar-refractivity contribution >= 4 is 5.97 Å². The maximum absolute atomic E-state index is 11.6. The summed E-state index contributed by atoms with van der Waals surface area (Å²) < 4.78 is 0. The van der Waals surface area contributed by atoms with Gasteiger partial charge in [-0.2, -0.15) is 0 Å². The van der Waals surface area contributed by atoms with Crippen LogP contribution in [0.1, 0.15) is 86.0 Å². The minimum atomic E-state index is -0.680. The van der Waals surface area contributed by atoms with E-state index in [9.17, 15) is 20.1 Å². The zero-order valence-electron chi connectivity index (χ0n) is 19.7. The summed E-state index contributed by atoms with van der Waals surface area (Å²) in [7, 11) is 0. The number of aliphatic hydroxyl groups is 2. The van der Waals surface area contributed by atoms with E-state index in [1.54, 1.807) is 0 Å². The summed E-state index contributed by atoms with van der Waals surface area (Å²) in [5, 5.41) is 31.3. The van der Waals surface area contributed by atoms with Crippen molar-refractivity contribution in [2.45, 2.75) is 98.2 Å². The molecule has 0 aromatic rings. The van der Waals surface area contributed by atoms with Gasteiger partial charge >= 0.3 is 5.97 Å². The fourth-order valence-corrected chi connectivity index (χ4v) is 9.45. The van der Waals surface area contributed by atoms with Gasteiger partial charge in [-0.15, -0.1) is 0 Å². The highest BCUT2D eigenvalue weighted by Gasteiger charge is 2.64. The SMILES string of the molecule is CC(C[C@@H](C)[C@H]1CCC2C3C(CC[C@@]21C)[C@@]1(C)CC[C@@H](O)C[C@H]1[C@@H](C)[C@H]3O)C(=O)O. The van der Waals surface area contributed by atoms with Crippen LogP contribution in [-0.4, -0.2) is 33.5 Å². The second-order valence-corrected chi connectivity index (χ2v) is 12.4. The molecule has 4 nitrogen and oxygen atoms in total. The number of carboxylic acid groups (broad SMARTS) is 1. The van der Waals surface area contributed by atoms with Gasteiger partial charge < -0.3 is 15.3 Å². The molecule has 172 valence electrons. The third kappa shape index (κ3) is 3.27. The van der Waals surface area contributed by atoms with E-state index in [2.05, 4.69) is 27.7 Å². The third-order valence-corrected chi connectivity index (χ3v) is 11.0. The first-order chi connectivity index (χ1) is 14.0. The average molecular weight is 421 g/mol. The summed E-state index contributed by atoms with van der Waals surface area (Å²) in [5.41, 5.74) is 0.461. The molecule has 0 heterocycles. The van der Waals surface area contributed by atoms with Crippen LogP contribution in [0, 0.1) is 58.2 Å². The number of hydrogen-bond donors (Lipinski definition) is 3. The number of aliphatic hydroxyl groups excluding tert-OH is 2. The molecule has 0 spiro atoms. The van der Waals surface area contributed by atoms with Crippen molar-refractivity contribution in [2.75, 3.05) is 0 Å². The summed E-state index contributed by atoms with van der Waals surface area (Å²) in [6.07, 6.45) is 7.90. The summed E-state index contributed by atoms with van der Waals surface area (Å²) in [4.78, 5) is 11.4. The van der Waals surface area contributed by atoms with Crippen LogP contribution in [0.3, 0.4) is 0 Å². The Bertz CT molecular complexity index is 663.